The summed E-state index contributed by atoms with van der Waals surface area (Å²) in [4.78, 5) is 3.24. The topological polar surface area (TPSA) is 41.8 Å². The molecule has 1 N–H and O–H groups in total. The first-order valence-electron chi connectivity index (χ1n) is 9.42. The van der Waals surface area contributed by atoms with E-state index in [2.05, 4.69) is 67.3 Å². The van der Waals surface area contributed by atoms with Crippen LogP contribution in [0.2, 0.25) is 0 Å². The first-order valence-corrected chi connectivity index (χ1v) is 9.42. The minimum absolute atomic E-state index is 0.923. The van der Waals surface area contributed by atoms with E-state index < -0.39 is 0 Å². The molecule has 0 saturated heterocycles. The van der Waals surface area contributed by atoms with Gasteiger partial charge in [0.25, 0.3) is 0 Å². The Hall–Kier alpha value is -2.81. The van der Waals surface area contributed by atoms with E-state index in [0.717, 1.165) is 47.2 Å². The fraction of sp³-hybridized carbons (Fsp3) is 0.261. The average molecular weight is 344 g/mol. The molecule has 0 amide bonds. The van der Waals surface area contributed by atoms with Gasteiger partial charge in [0, 0.05) is 22.8 Å². The van der Waals surface area contributed by atoms with Crippen molar-refractivity contribution in [1.29, 1.82) is 0 Å². The van der Waals surface area contributed by atoms with Gasteiger partial charge in [0.1, 0.15) is 12.0 Å². The smallest absolute Gasteiger partial charge is 0.132 e. The first kappa shape index (κ1) is 16.6. The molecule has 132 valence electrons. The summed E-state index contributed by atoms with van der Waals surface area (Å²) >= 11 is 0. The van der Waals surface area contributed by atoms with Crippen LogP contribution in [0.3, 0.4) is 0 Å². The third-order valence-electron chi connectivity index (χ3n) is 5.26. The van der Waals surface area contributed by atoms with E-state index in [4.69, 9.17) is 4.52 Å². The lowest BCUT2D eigenvalue weighted by Crippen LogP contribution is -1.99. The lowest BCUT2D eigenvalue weighted by molar-refractivity contribution is 0.422. The third kappa shape index (κ3) is 2.74. The number of hydrogen-bond donors (Lipinski definition) is 1. The van der Waals surface area contributed by atoms with E-state index in [1.807, 2.05) is 6.20 Å². The Morgan fingerprint density at radius 3 is 2.35 bits per heavy atom. The van der Waals surface area contributed by atoms with Gasteiger partial charge < -0.3 is 9.51 Å². The van der Waals surface area contributed by atoms with Crippen LogP contribution in [0, 0.1) is 0 Å². The summed E-state index contributed by atoms with van der Waals surface area (Å²) in [5, 5.41) is 5.55. The Bertz CT molecular complexity index is 1030. The molecule has 0 unspecified atom stereocenters. The molecule has 2 heterocycles. The summed E-state index contributed by atoms with van der Waals surface area (Å²) < 4.78 is 5.39. The Morgan fingerprint density at radius 1 is 0.885 bits per heavy atom. The molecule has 0 saturated carbocycles. The summed E-state index contributed by atoms with van der Waals surface area (Å²) in [7, 11) is 0. The normalized spacial score (nSPS) is 11.3. The number of nitrogens with zero attached hydrogens (tertiary/aromatic N) is 1. The zero-order chi connectivity index (χ0) is 18.1. The van der Waals surface area contributed by atoms with Crippen LogP contribution in [0.15, 0.2) is 53.4 Å². The second kappa shape index (κ2) is 6.83. The van der Waals surface area contributed by atoms with Gasteiger partial charge in [-0.3, -0.25) is 0 Å². The van der Waals surface area contributed by atoms with Crippen molar-refractivity contribution in [3.63, 3.8) is 0 Å². The highest BCUT2D eigenvalue weighted by atomic mass is 16.5. The van der Waals surface area contributed by atoms with Crippen LogP contribution in [0.25, 0.3) is 33.3 Å². The van der Waals surface area contributed by atoms with Crippen molar-refractivity contribution in [3.05, 3.63) is 65.5 Å². The van der Waals surface area contributed by atoms with Gasteiger partial charge in [0.2, 0.25) is 0 Å². The summed E-state index contributed by atoms with van der Waals surface area (Å²) in [6.07, 6.45) is 6.86. The molecule has 26 heavy (non-hydrogen) atoms. The van der Waals surface area contributed by atoms with Crippen molar-refractivity contribution in [2.24, 2.45) is 0 Å². The molecule has 2 aromatic carbocycles. The minimum Gasteiger partial charge on any atom is -0.363 e. The highest BCUT2D eigenvalue weighted by Gasteiger charge is 2.16. The number of aromatic amines is 1. The van der Waals surface area contributed by atoms with Crippen LogP contribution in [-0.4, -0.2) is 10.1 Å². The molecule has 0 aliphatic carbocycles. The molecule has 4 rings (SSSR count). The van der Waals surface area contributed by atoms with Gasteiger partial charge in [-0.15, -0.1) is 0 Å². The number of aromatic nitrogens is 2. The molecular weight excluding hydrogens is 320 g/mol. The average Bonchev–Trinajstić information content (AvgIpc) is 3.35. The van der Waals surface area contributed by atoms with Crippen molar-refractivity contribution in [2.75, 3.05) is 0 Å². The van der Waals surface area contributed by atoms with Crippen LogP contribution in [0.5, 0.6) is 0 Å². The van der Waals surface area contributed by atoms with Crippen LogP contribution in [0.4, 0.5) is 0 Å². The van der Waals surface area contributed by atoms with E-state index in [9.17, 15) is 0 Å². The van der Waals surface area contributed by atoms with E-state index >= 15 is 0 Å². The molecule has 4 aromatic rings. The number of hydrogen-bond acceptors (Lipinski definition) is 2. The number of aryl methyl sites for hydroxylation is 2. The summed E-state index contributed by atoms with van der Waals surface area (Å²) in [5.74, 6) is 0. The van der Waals surface area contributed by atoms with Crippen molar-refractivity contribution in [2.45, 2.75) is 40.0 Å². The molecule has 3 nitrogen and oxygen atoms in total. The summed E-state index contributed by atoms with van der Waals surface area (Å²) in [6.45, 7) is 6.68. The molecule has 0 radical (unpaired) electrons. The molecule has 0 atom stereocenters. The van der Waals surface area contributed by atoms with Gasteiger partial charge in [-0.1, -0.05) is 32.0 Å². The molecule has 3 heteroatoms. The van der Waals surface area contributed by atoms with Gasteiger partial charge >= 0.3 is 0 Å². The Morgan fingerprint density at radius 2 is 1.65 bits per heavy atom. The van der Waals surface area contributed by atoms with E-state index in [1.165, 1.54) is 22.1 Å². The Balaban J connectivity index is 1.86. The van der Waals surface area contributed by atoms with Crippen molar-refractivity contribution in [3.8, 4) is 22.4 Å². The number of nitrogens with one attached hydrogen (secondary N) is 1. The molecule has 0 bridgehead atoms. The maximum atomic E-state index is 5.39. The SMILES string of the molecule is CCc1cc(-c2nocc2-c2ccc3[nH]ccc3c2)cc(CC)c1CC. The predicted molar refractivity (Wildman–Crippen MR) is 107 cm³/mol. The number of rotatable bonds is 5. The predicted octanol–water partition coefficient (Wildman–Crippen LogP) is 6.18. The van der Waals surface area contributed by atoms with Gasteiger partial charge in [0.05, 0.1) is 0 Å². The molecule has 0 aliphatic heterocycles. The zero-order valence-electron chi connectivity index (χ0n) is 15.6. The van der Waals surface area contributed by atoms with Crippen molar-refractivity contribution in [1.82, 2.24) is 10.1 Å². The molecule has 0 aliphatic rings. The number of fused-ring (bicyclic) bond motifs is 1. The maximum Gasteiger partial charge on any atom is 0.132 e. The highest BCUT2D eigenvalue weighted by Crippen LogP contribution is 2.35. The largest absolute Gasteiger partial charge is 0.363 e. The fourth-order valence-electron chi connectivity index (χ4n) is 3.89. The van der Waals surface area contributed by atoms with Gasteiger partial charge in [-0.2, -0.15) is 0 Å². The van der Waals surface area contributed by atoms with E-state index in [0.29, 0.717) is 0 Å². The lowest BCUT2D eigenvalue weighted by atomic mass is 9.90. The fourth-order valence-corrected chi connectivity index (χ4v) is 3.89. The maximum absolute atomic E-state index is 5.39. The van der Waals surface area contributed by atoms with E-state index in [1.54, 1.807) is 6.26 Å². The quantitative estimate of drug-likeness (QED) is 0.470. The van der Waals surface area contributed by atoms with Crippen LogP contribution in [0.1, 0.15) is 37.5 Å². The molecule has 0 fully saturated rings. The second-order valence-electron chi connectivity index (χ2n) is 6.69. The molecule has 2 aromatic heterocycles. The molecule has 0 spiro atoms. The van der Waals surface area contributed by atoms with Crippen molar-refractivity contribution < 1.29 is 4.52 Å². The summed E-state index contributed by atoms with van der Waals surface area (Å²) in [6, 6.07) is 13.1. The van der Waals surface area contributed by atoms with Crippen LogP contribution in [-0.2, 0) is 19.3 Å². The minimum atomic E-state index is 0.923. The lowest BCUT2D eigenvalue weighted by Gasteiger charge is -2.14. The Labute approximate surface area is 154 Å². The molecular formula is C23H24N2O. The van der Waals surface area contributed by atoms with E-state index in [-0.39, 0.29) is 0 Å². The second-order valence-corrected chi connectivity index (χ2v) is 6.69. The zero-order valence-corrected chi connectivity index (χ0v) is 15.6. The third-order valence-corrected chi connectivity index (χ3v) is 5.26. The number of benzene rings is 2. The van der Waals surface area contributed by atoms with Crippen molar-refractivity contribution >= 4 is 10.9 Å². The summed E-state index contributed by atoms with van der Waals surface area (Å²) in [5.41, 5.74) is 9.69. The Kier molecular flexibility index (Phi) is 4.37. The van der Waals surface area contributed by atoms with Crippen LogP contribution >= 0.6 is 0 Å². The van der Waals surface area contributed by atoms with Gasteiger partial charge in [0.15, 0.2) is 0 Å². The first-order chi connectivity index (χ1) is 12.7. The number of H-pyrrole nitrogens is 1. The monoisotopic (exact) mass is 344 g/mol. The highest BCUT2D eigenvalue weighted by molar-refractivity contribution is 5.88. The van der Waals surface area contributed by atoms with Gasteiger partial charge in [-0.25, -0.2) is 0 Å². The standard InChI is InChI=1S/C23H24N2O/c1-4-15-11-19(12-16(5-2)20(15)6-3)23-21(14-26-25-23)17-7-8-22-18(13-17)9-10-24-22/h7-14,24H,4-6H2,1-3H3. The van der Waals surface area contributed by atoms with Gasteiger partial charge in [-0.05, 0) is 77.2 Å². The van der Waals surface area contributed by atoms with Crippen LogP contribution < -0.4 is 0 Å².